The van der Waals surface area contributed by atoms with Crippen molar-refractivity contribution in [2.75, 3.05) is 13.2 Å². The highest BCUT2D eigenvalue weighted by Crippen LogP contribution is 2.44. The molecule has 5 rings (SSSR count). The summed E-state index contributed by atoms with van der Waals surface area (Å²) in [5, 5.41) is 12.2. The van der Waals surface area contributed by atoms with Gasteiger partial charge in [0.2, 0.25) is 5.91 Å². The van der Waals surface area contributed by atoms with Gasteiger partial charge >= 0.3 is 12.1 Å². The summed E-state index contributed by atoms with van der Waals surface area (Å²) in [6.07, 6.45) is 3.47. The van der Waals surface area contributed by atoms with E-state index >= 15 is 0 Å². The van der Waals surface area contributed by atoms with Crippen LogP contribution in [0.1, 0.15) is 35.6 Å². The van der Waals surface area contributed by atoms with Gasteiger partial charge in [-0.25, -0.2) is 14.6 Å². The van der Waals surface area contributed by atoms with E-state index in [1.54, 1.807) is 6.20 Å². The van der Waals surface area contributed by atoms with Crippen LogP contribution in [0.2, 0.25) is 0 Å². The Morgan fingerprint density at radius 1 is 1.11 bits per heavy atom. The number of carboxylic acid groups (broad SMARTS) is 1. The third-order valence-electron chi connectivity index (χ3n) is 6.73. The maximum Gasteiger partial charge on any atom is 0.407 e. The quantitative estimate of drug-likeness (QED) is 0.484. The molecule has 2 amide bonds. The number of carbonyl (C=O) groups excluding carboxylic acids is 2. The second kappa shape index (κ2) is 9.61. The maximum absolute atomic E-state index is 13.3. The van der Waals surface area contributed by atoms with Gasteiger partial charge in [0.05, 0.1) is 6.33 Å². The van der Waals surface area contributed by atoms with Crippen LogP contribution in [-0.4, -0.2) is 63.2 Å². The van der Waals surface area contributed by atoms with Gasteiger partial charge in [0.1, 0.15) is 18.7 Å². The van der Waals surface area contributed by atoms with E-state index in [2.05, 4.69) is 27.4 Å². The number of likely N-dealkylation sites (tertiary alicyclic amines) is 1. The number of hydrogen-bond acceptors (Lipinski definition) is 5. The smallest absolute Gasteiger partial charge is 0.407 e. The van der Waals surface area contributed by atoms with E-state index in [1.165, 1.54) is 11.2 Å². The number of carbonyl (C=O) groups is 3. The summed E-state index contributed by atoms with van der Waals surface area (Å²) in [6.45, 7) is 0.452. The maximum atomic E-state index is 13.3. The first kappa shape index (κ1) is 22.6. The molecular formula is C26H26N4O5. The number of ether oxygens (including phenoxy) is 1. The van der Waals surface area contributed by atoms with Gasteiger partial charge in [0, 0.05) is 30.8 Å². The van der Waals surface area contributed by atoms with Crippen LogP contribution in [0.5, 0.6) is 0 Å². The average Bonchev–Trinajstić information content (AvgIpc) is 3.61. The van der Waals surface area contributed by atoms with Crippen LogP contribution in [0.3, 0.4) is 0 Å². The van der Waals surface area contributed by atoms with Crippen LogP contribution in [0.25, 0.3) is 11.1 Å². The van der Waals surface area contributed by atoms with Crippen molar-refractivity contribution >= 4 is 18.0 Å². The molecule has 1 unspecified atom stereocenters. The predicted octanol–water partition coefficient (Wildman–Crippen LogP) is 2.94. The fraction of sp³-hybridized carbons (Fsp3) is 0.308. The number of rotatable bonds is 7. The van der Waals surface area contributed by atoms with Crippen LogP contribution in [0, 0.1) is 0 Å². The fourth-order valence-corrected chi connectivity index (χ4v) is 5.09. The SMILES string of the molecule is O=C(NC(Cc1cnc[nH]1)C(=O)N1CCC[C@H]1C(=O)O)OCC1c2ccccc2-c2ccccc21. The standard InChI is InChI=1S/C26H26N4O5/c31-24(30-11-5-10-23(30)25(32)33)22(12-16-13-27-15-28-16)29-26(34)35-14-21-19-8-3-1-6-17(19)18-7-2-4-9-20(18)21/h1-4,6-9,13,15,21-23H,5,10-12,14H2,(H,27,28)(H,29,34)(H,32,33)/t22?,23-/m0/s1. The number of alkyl carbamates (subject to hydrolysis) is 1. The van der Waals surface area contributed by atoms with E-state index in [9.17, 15) is 19.5 Å². The number of aliphatic carboxylic acids is 1. The van der Waals surface area contributed by atoms with E-state index in [0.29, 0.717) is 25.1 Å². The zero-order valence-corrected chi connectivity index (χ0v) is 19.0. The number of aromatic nitrogens is 2. The molecule has 1 aromatic heterocycles. The lowest BCUT2D eigenvalue weighted by Gasteiger charge is -2.27. The Morgan fingerprint density at radius 2 is 1.80 bits per heavy atom. The van der Waals surface area contributed by atoms with Crippen molar-refractivity contribution < 1.29 is 24.2 Å². The van der Waals surface area contributed by atoms with E-state index in [1.807, 2.05) is 36.4 Å². The molecule has 1 fully saturated rings. The summed E-state index contributed by atoms with van der Waals surface area (Å²) in [6, 6.07) is 14.2. The molecule has 2 atom stereocenters. The van der Waals surface area contributed by atoms with Gasteiger partial charge in [-0.3, -0.25) is 4.79 Å². The van der Waals surface area contributed by atoms with E-state index in [4.69, 9.17) is 4.74 Å². The van der Waals surface area contributed by atoms with Gasteiger partial charge in [0.25, 0.3) is 0 Å². The largest absolute Gasteiger partial charge is 0.480 e. The first-order valence-corrected chi connectivity index (χ1v) is 11.6. The van der Waals surface area contributed by atoms with Crippen molar-refractivity contribution in [1.29, 1.82) is 0 Å². The van der Waals surface area contributed by atoms with Crippen LogP contribution in [-0.2, 0) is 20.7 Å². The molecule has 1 saturated heterocycles. The molecule has 0 bridgehead atoms. The molecule has 0 spiro atoms. The minimum absolute atomic E-state index is 0.107. The first-order chi connectivity index (χ1) is 17.0. The number of fused-ring (bicyclic) bond motifs is 3. The molecule has 9 nitrogen and oxygen atoms in total. The Bertz CT molecular complexity index is 1200. The molecule has 35 heavy (non-hydrogen) atoms. The number of hydrogen-bond donors (Lipinski definition) is 3. The number of carboxylic acids is 1. The van der Waals surface area contributed by atoms with Gasteiger partial charge in [-0.15, -0.1) is 0 Å². The molecular weight excluding hydrogens is 448 g/mol. The summed E-state index contributed by atoms with van der Waals surface area (Å²) < 4.78 is 5.61. The monoisotopic (exact) mass is 474 g/mol. The Balaban J connectivity index is 1.30. The van der Waals surface area contributed by atoms with Crippen molar-refractivity contribution in [3.63, 3.8) is 0 Å². The zero-order chi connectivity index (χ0) is 24.4. The highest BCUT2D eigenvalue weighted by atomic mass is 16.5. The normalized spacial score (nSPS) is 17.5. The topological polar surface area (TPSA) is 125 Å². The second-order valence-electron chi connectivity index (χ2n) is 8.83. The second-order valence-corrected chi connectivity index (χ2v) is 8.83. The molecule has 0 radical (unpaired) electrons. The zero-order valence-electron chi connectivity index (χ0n) is 19.0. The van der Waals surface area contributed by atoms with Crippen LogP contribution in [0.15, 0.2) is 61.1 Å². The molecule has 2 aliphatic rings. The summed E-state index contributed by atoms with van der Waals surface area (Å²) in [7, 11) is 0. The van der Waals surface area contributed by atoms with Gasteiger partial charge in [-0.05, 0) is 35.1 Å². The van der Waals surface area contributed by atoms with Gasteiger partial charge in [0.15, 0.2) is 0 Å². The molecule has 180 valence electrons. The Kier molecular flexibility index (Phi) is 6.22. The molecule has 0 saturated carbocycles. The van der Waals surface area contributed by atoms with E-state index in [-0.39, 0.29) is 18.9 Å². The summed E-state index contributed by atoms with van der Waals surface area (Å²) in [5.74, 6) is -1.60. The summed E-state index contributed by atoms with van der Waals surface area (Å²) in [4.78, 5) is 45.9. The predicted molar refractivity (Wildman–Crippen MR) is 127 cm³/mol. The minimum atomic E-state index is -1.04. The van der Waals surface area contributed by atoms with Crippen molar-refractivity contribution in [2.45, 2.75) is 37.3 Å². The summed E-state index contributed by atoms with van der Waals surface area (Å²) in [5.41, 5.74) is 5.07. The Labute approximate surface area is 202 Å². The molecule has 1 aliphatic heterocycles. The fourth-order valence-electron chi connectivity index (χ4n) is 5.09. The number of nitrogens with one attached hydrogen (secondary N) is 2. The molecule has 3 N–H and O–H groups in total. The van der Waals surface area contributed by atoms with Gasteiger partial charge in [-0.2, -0.15) is 0 Å². The van der Waals surface area contributed by atoms with Crippen LogP contribution < -0.4 is 5.32 Å². The third-order valence-corrected chi connectivity index (χ3v) is 6.73. The number of amides is 2. The number of aromatic amines is 1. The van der Waals surface area contributed by atoms with Crippen molar-refractivity contribution in [2.24, 2.45) is 0 Å². The average molecular weight is 475 g/mol. The Morgan fingerprint density at radius 3 is 2.43 bits per heavy atom. The summed E-state index contributed by atoms with van der Waals surface area (Å²) >= 11 is 0. The van der Waals surface area contributed by atoms with Crippen LogP contribution in [0.4, 0.5) is 4.79 Å². The first-order valence-electron chi connectivity index (χ1n) is 11.6. The van der Waals surface area contributed by atoms with E-state index in [0.717, 1.165) is 22.3 Å². The van der Waals surface area contributed by atoms with E-state index < -0.39 is 30.1 Å². The lowest BCUT2D eigenvalue weighted by Crippen LogP contribution is -2.52. The van der Waals surface area contributed by atoms with Gasteiger partial charge < -0.3 is 25.0 Å². The Hall–Kier alpha value is -4.14. The van der Waals surface area contributed by atoms with Crippen LogP contribution >= 0.6 is 0 Å². The lowest BCUT2D eigenvalue weighted by atomic mass is 9.98. The molecule has 9 heteroatoms. The number of benzene rings is 2. The number of nitrogens with zero attached hydrogens (tertiary/aromatic N) is 2. The number of H-pyrrole nitrogens is 1. The lowest BCUT2D eigenvalue weighted by molar-refractivity contribution is -0.149. The molecule has 3 aromatic rings. The van der Waals surface area contributed by atoms with Crippen molar-refractivity contribution in [1.82, 2.24) is 20.2 Å². The van der Waals surface area contributed by atoms with Gasteiger partial charge in [-0.1, -0.05) is 48.5 Å². The highest BCUT2D eigenvalue weighted by Gasteiger charge is 2.38. The molecule has 1 aliphatic carbocycles. The highest BCUT2D eigenvalue weighted by molar-refractivity contribution is 5.90. The van der Waals surface area contributed by atoms with Crippen molar-refractivity contribution in [3.05, 3.63) is 77.9 Å². The molecule has 2 heterocycles. The molecule has 2 aromatic carbocycles. The number of imidazole rings is 1. The van der Waals surface area contributed by atoms with Crippen molar-refractivity contribution in [3.8, 4) is 11.1 Å². The third kappa shape index (κ3) is 4.49. The minimum Gasteiger partial charge on any atom is -0.480 e.